The van der Waals surface area contributed by atoms with Crippen molar-refractivity contribution in [1.29, 1.82) is 0 Å². The molecule has 2 aliphatic rings. The number of amides is 2. The largest absolute Gasteiger partial charge is 0.481 e. The van der Waals surface area contributed by atoms with E-state index < -0.39 is 18.0 Å². The van der Waals surface area contributed by atoms with Crippen molar-refractivity contribution < 1.29 is 24.2 Å². The zero-order chi connectivity index (χ0) is 24.9. The molecule has 0 bridgehead atoms. The van der Waals surface area contributed by atoms with E-state index in [1.54, 1.807) is 4.90 Å². The van der Waals surface area contributed by atoms with E-state index in [9.17, 15) is 19.5 Å². The molecule has 1 aliphatic carbocycles. The maximum atomic E-state index is 12.8. The molecular formula is C28H34N2O5. The Bertz CT molecular complexity index is 1040. The van der Waals surface area contributed by atoms with Crippen molar-refractivity contribution in [2.45, 2.75) is 51.5 Å². The smallest absolute Gasteiger partial charge is 0.407 e. The number of likely N-dealkylation sites (tertiary alicyclic amines) is 1. The van der Waals surface area contributed by atoms with Crippen LogP contribution in [0.5, 0.6) is 0 Å². The van der Waals surface area contributed by atoms with Gasteiger partial charge < -0.3 is 20.1 Å². The summed E-state index contributed by atoms with van der Waals surface area (Å²) in [5.74, 6) is -1.22. The summed E-state index contributed by atoms with van der Waals surface area (Å²) in [5.41, 5.74) is 4.72. The number of nitrogens with one attached hydrogen (secondary N) is 1. The Kier molecular flexibility index (Phi) is 7.73. The summed E-state index contributed by atoms with van der Waals surface area (Å²) in [6.07, 6.45) is 1.68. The van der Waals surface area contributed by atoms with Gasteiger partial charge >= 0.3 is 12.1 Å². The summed E-state index contributed by atoms with van der Waals surface area (Å²) in [6, 6.07) is 16.2. The lowest BCUT2D eigenvalue weighted by Gasteiger charge is -2.27. The third-order valence-corrected chi connectivity index (χ3v) is 7.37. The number of fused-ring (bicyclic) bond motifs is 3. The number of carboxylic acids is 1. The molecule has 0 spiro atoms. The van der Waals surface area contributed by atoms with Gasteiger partial charge in [-0.1, -0.05) is 62.4 Å². The van der Waals surface area contributed by atoms with Crippen molar-refractivity contribution in [2.24, 2.45) is 11.8 Å². The zero-order valence-corrected chi connectivity index (χ0v) is 20.4. The van der Waals surface area contributed by atoms with Gasteiger partial charge in [0.15, 0.2) is 0 Å². The molecular weight excluding hydrogens is 444 g/mol. The van der Waals surface area contributed by atoms with Crippen LogP contribution < -0.4 is 5.32 Å². The van der Waals surface area contributed by atoms with Crippen LogP contribution in [0.3, 0.4) is 0 Å². The van der Waals surface area contributed by atoms with Gasteiger partial charge in [0.2, 0.25) is 5.91 Å². The van der Waals surface area contributed by atoms with Gasteiger partial charge in [-0.05, 0) is 47.4 Å². The summed E-state index contributed by atoms with van der Waals surface area (Å²) < 4.78 is 5.57. The molecule has 1 saturated heterocycles. The van der Waals surface area contributed by atoms with Gasteiger partial charge in [0.25, 0.3) is 0 Å². The van der Waals surface area contributed by atoms with E-state index in [-0.39, 0.29) is 30.4 Å². The first-order valence-electron chi connectivity index (χ1n) is 12.5. The molecule has 0 aromatic heterocycles. The van der Waals surface area contributed by atoms with Gasteiger partial charge in [-0.2, -0.15) is 0 Å². The predicted octanol–water partition coefficient (Wildman–Crippen LogP) is 4.65. The molecule has 7 heteroatoms. The molecule has 1 fully saturated rings. The van der Waals surface area contributed by atoms with Crippen LogP contribution in [0.2, 0.25) is 0 Å². The van der Waals surface area contributed by atoms with Crippen LogP contribution in [-0.4, -0.2) is 53.7 Å². The highest BCUT2D eigenvalue weighted by molar-refractivity contribution is 5.80. The fraction of sp³-hybridized carbons (Fsp3) is 0.464. The van der Waals surface area contributed by atoms with Crippen LogP contribution >= 0.6 is 0 Å². The van der Waals surface area contributed by atoms with Crippen LogP contribution in [-0.2, 0) is 14.3 Å². The average Bonchev–Trinajstić information content (AvgIpc) is 3.42. The molecule has 35 heavy (non-hydrogen) atoms. The monoisotopic (exact) mass is 478 g/mol. The average molecular weight is 479 g/mol. The molecule has 2 aromatic rings. The molecule has 2 N–H and O–H groups in total. The topological polar surface area (TPSA) is 95.9 Å². The second-order valence-corrected chi connectivity index (χ2v) is 9.65. The molecule has 2 aromatic carbocycles. The third-order valence-electron chi connectivity index (χ3n) is 7.37. The summed E-state index contributed by atoms with van der Waals surface area (Å²) in [6.45, 7) is 5.09. The Morgan fingerprint density at radius 3 is 2.31 bits per heavy atom. The Labute approximate surface area is 206 Å². The first kappa shape index (κ1) is 24.8. The van der Waals surface area contributed by atoms with Gasteiger partial charge in [0.05, 0.1) is 5.92 Å². The van der Waals surface area contributed by atoms with Gasteiger partial charge in [-0.15, -0.1) is 0 Å². The van der Waals surface area contributed by atoms with E-state index >= 15 is 0 Å². The first-order valence-corrected chi connectivity index (χ1v) is 12.5. The van der Waals surface area contributed by atoms with Gasteiger partial charge in [-0.3, -0.25) is 9.59 Å². The van der Waals surface area contributed by atoms with Crippen LogP contribution in [0.15, 0.2) is 48.5 Å². The Morgan fingerprint density at radius 1 is 1.09 bits per heavy atom. The zero-order valence-electron chi connectivity index (χ0n) is 20.4. The number of rotatable bonds is 9. The number of nitrogens with zero attached hydrogens (tertiary/aromatic N) is 1. The summed E-state index contributed by atoms with van der Waals surface area (Å²) in [5, 5.41) is 12.2. The molecule has 0 radical (unpaired) electrons. The normalized spacial score (nSPS) is 19.7. The summed E-state index contributed by atoms with van der Waals surface area (Å²) >= 11 is 0. The molecule has 1 aliphatic heterocycles. The third kappa shape index (κ3) is 5.34. The highest BCUT2D eigenvalue weighted by atomic mass is 16.5. The standard InChI is InChI=1S/C28H34N2O5/c1-3-25-23(27(32)33)13-15-30(25)26(31)16-18(2)12-14-29-28(34)35-17-24-21-10-6-4-8-19(21)20-9-5-7-11-22(20)24/h4-11,18,23-25H,3,12-17H2,1-2H3,(H,29,34)(H,32,33). The van der Waals surface area contributed by atoms with Crippen LogP contribution in [0.25, 0.3) is 11.1 Å². The van der Waals surface area contributed by atoms with E-state index in [0.717, 1.165) is 0 Å². The predicted molar refractivity (Wildman–Crippen MR) is 133 cm³/mol. The van der Waals surface area contributed by atoms with Crippen molar-refractivity contribution in [3.8, 4) is 11.1 Å². The molecule has 4 rings (SSSR count). The van der Waals surface area contributed by atoms with Gasteiger partial charge in [0, 0.05) is 31.5 Å². The first-order chi connectivity index (χ1) is 16.9. The number of ether oxygens (including phenoxy) is 1. The Morgan fingerprint density at radius 2 is 1.71 bits per heavy atom. The summed E-state index contributed by atoms with van der Waals surface area (Å²) in [4.78, 5) is 38.3. The fourth-order valence-electron chi connectivity index (χ4n) is 5.54. The minimum absolute atomic E-state index is 0.00533. The molecule has 3 unspecified atom stereocenters. The Hall–Kier alpha value is -3.35. The van der Waals surface area contributed by atoms with E-state index in [1.165, 1.54) is 22.3 Å². The number of carbonyl (C=O) groups excluding carboxylic acids is 2. The molecule has 7 nitrogen and oxygen atoms in total. The second-order valence-electron chi connectivity index (χ2n) is 9.65. The van der Waals surface area contributed by atoms with E-state index in [4.69, 9.17) is 4.74 Å². The Balaban J connectivity index is 1.22. The van der Waals surface area contributed by atoms with Crippen molar-refractivity contribution in [1.82, 2.24) is 10.2 Å². The quantitative estimate of drug-likeness (QED) is 0.547. The van der Waals surface area contributed by atoms with Crippen molar-refractivity contribution in [2.75, 3.05) is 19.7 Å². The highest BCUT2D eigenvalue weighted by Crippen LogP contribution is 2.44. The van der Waals surface area contributed by atoms with Gasteiger partial charge in [0.1, 0.15) is 6.61 Å². The fourth-order valence-corrected chi connectivity index (χ4v) is 5.54. The van der Waals surface area contributed by atoms with E-state index in [1.807, 2.05) is 38.1 Å². The molecule has 2 amide bonds. The molecule has 0 saturated carbocycles. The second kappa shape index (κ2) is 10.9. The van der Waals surface area contributed by atoms with Crippen LogP contribution in [0.4, 0.5) is 4.79 Å². The van der Waals surface area contributed by atoms with E-state index in [2.05, 4.69) is 29.6 Å². The van der Waals surface area contributed by atoms with Crippen molar-refractivity contribution in [3.05, 3.63) is 59.7 Å². The minimum Gasteiger partial charge on any atom is -0.481 e. The number of hydrogen-bond acceptors (Lipinski definition) is 4. The van der Waals surface area contributed by atoms with Crippen molar-refractivity contribution >= 4 is 18.0 Å². The lowest BCUT2D eigenvalue weighted by molar-refractivity contribution is -0.143. The molecule has 3 atom stereocenters. The number of carbonyl (C=O) groups is 3. The highest BCUT2D eigenvalue weighted by Gasteiger charge is 2.39. The molecule has 186 valence electrons. The van der Waals surface area contributed by atoms with Gasteiger partial charge in [-0.25, -0.2) is 4.79 Å². The van der Waals surface area contributed by atoms with Crippen molar-refractivity contribution in [3.63, 3.8) is 0 Å². The van der Waals surface area contributed by atoms with E-state index in [0.29, 0.717) is 38.8 Å². The van der Waals surface area contributed by atoms with Crippen LogP contribution in [0.1, 0.15) is 56.6 Å². The SMILES string of the molecule is CCC1C(C(=O)O)CCN1C(=O)CC(C)CCNC(=O)OCC1c2ccccc2-c2ccccc21. The lowest BCUT2D eigenvalue weighted by atomic mass is 9.97. The minimum atomic E-state index is -0.826. The molecule has 1 heterocycles. The number of benzene rings is 2. The summed E-state index contributed by atoms with van der Waals surface area (Å²) in [7, 11) is 0. The van der Waals surface area contributed by atoms with Crippen LogP contribution in [0, 0.1) is 11.8 Å². The maximum Gasteiger partial charge on any atom is 0.407 e. The number of alkyl carbamates (subject to hydrolysis) is 1. The number of aliphatic carboxylic acids is 1. The lowest BCUT2D eigenvalue weighted by Crippen LogP contribution is -2.40. The maximum absolute atomic E-state index is 12.8. The number of hydrogen-bond donors (Lipinski definition) is 2. The number of carboxylic acid groups (broad SMARTS) is 1.